The number of aromatic nitrogens is 2. The van der Waals surface area contributed by atoms with Gasteiger partial charge in [0.15, 0.2) is 0 Å². The SMILES string of the molecule is CCOc1ccc(-c2ccc(NS(=O)(=O)c3cc(C)c(C)cc3OC)cc2)nn1. The lowest BCUT2D eigenvalue weighted by Gasteiger charge is -2.14. The molecule has 0 spiro atoms. The monoisotopic (exact) mass is 413 g/mol. The lowest BCUT2D eigenvalue weighted by Crippen LogP contribution is -2.14. The molecule has 0 aliphatic heterocycles. The molecule has 0 fully saturated rings. The van der Waals surface area contributed by atoms with Crippen molar-refractivity contribution in [2.45, 2.75) is 25.7 Å². The quantitative estimate of drug-likeness (QED) is 0.630. The first-order valence-corrected chi connectivity index (χ1v) is 10.6. The molecule has 0 unspecified atom stereocenters. The number of ether oxygens (including phenoxy) is 2. The number of anilines is 1. The van der Waals surface area contributed by atoms with Crippen molar-refractivity contribution >= 4 is 15.7 Å². The fourth-order valence-electron chi connectivity index (χ4n) is 2.75. The molecule has 3 aromatic rings. The second-order valence-electron chi connectivity index (χ2n) is 6.46. The molecule has 0 amide bonds. The van der Waals surface area contributed by atoms with Crippen LogP contribution in [0.25, 0.3) is 11.3 Å². The van der Waals surface area contributed by atoms with Crippen LogP contribution in [-0.4, -0.2) is 32.3 Å². The number of nitrogens with zero attached hydrogens (tertiary/aromatic N) is 2. The van der Waals surface area contributed by atoms with Gasteiger partial charge in [-0.1, -0.05) is 12.1 Å². The van der Waals surface area contributed by atoms with Crippen molar-refractivity contribution in [2.24, 2.45) is 0 Å². The van der Waals surface area contributed by atoms with E-state index in [1.165, 1.54) is 7.11 Å². The summed E-state index contributed by atoms with van der Waals surface area (Å²) < 4.78 is 38.9. The summed E-state index contributed by atoms with van der Waals surface area (Å²) in [7, 11) is -2.35. The lowest BCUT2D eigenvalue weighted by atomic mass is 10.1. The van der Waals surface area contributed by atoms with Gasteiger partial charge < -0.3 is 9.47 Å². The number of hydrogen-bond acceptors (Lipinski definition) is 6. The summed E-state index contributed by atoms with van der Waals surface area (Å²) in [6, 6.07) is 13.8. The van der Waals surface area contributed by atoms with Crippen LogP contribution in [0.3, 0.4) is 0 Å². The lowest BCUT2D eigenvalue weighted by molar-refractivity contribution is 0.323. The van der Waals surface area contributed by atoms with Crippen LogP contribution in [-0.2, 0) is 10.0 Å². The molecule has 152 valence electrons. The van der Waals surface area contributed by atoms with E-state index in [4.69, 9.17) is 9.47 Å². The first-order valence-electron chi connectivity index (χ1n) is 9.09. The van der Waals surface area contributed by atoms with E-state index < -0.39 is 10.0 Å². The Kier molecular flexibility index (Phi) is 6.03. The summed E-state index contributed by atoms with van der Waals surface area (Å²) in [5.74, 6) is 0.768. The summed E-state index contributed by atoms with van der Waals surface area (Å²) >= 11 is 0. The van der Waals surface area contributed by atoms with Gasteiger partial charge in [-0.25, -0.2) is 8.42 Å². The molecule has 0 bridgehead atoms. The molecule has 1 N–H and O–H groups in total. The maximum Gasteiger partial charge on any atom is 0.265 e. The van der Waals surface area contributed by atoms with Crippen molar-refractivity contribution < 1.29 is 17.9 Å². The normalized spacial score (nSPS) is 11.2. The van der Waals surface area contributed by atoms with Gasteiger partial charge in [-0.05, 0) is 62.2 Å². The maximum atomic E-state index is 12.9. The van der Waals surface area contributed by atoms with Gasteiger partial charge >= 0.3 is 0 Å². The zero-order valence-corrected chi connectivity index (χ0v) is 17.6. The molecular weight excluding hydrogens is 390 g/mol. The summed E-state index contributed by atoms with van der Waals surface area (Å²) in [6.45, 7) is 6.17. The standard InChI is InChI=1S/C21H23N3O4S/c1-5-28-21-11-10-18(22-23-21)16-6-8-17(9-7-16)24-29(25,26)20-13-15(3)14(2)12-19(20)27-4/h6-13,24H,5H2,1-4H3. The molecule has 0 atom stereocenters. The Hall–Kier alpha value is -3.13. The van der Waals surface area contributed by atoms with Gasteiger partial charge in [0, 0.05) is 17.3 Å². The Bertz CT molecular complexity index is 1100. The zero-order chi connectivity index (χ0) is 21.0. The Morgan fingerprint density at radius 2 is 1.66 bits per heavy atom. The van der Waals surface area contributed by atoms with Crippen LogP contribution >= 0.6 is 0 Å². The predicted octanol–water partition coefficient (Wildman–Crippen LogP) is 3.97. The Morgan fingerprint density at radius 3 is 2.24 bits per heavy atom. The van der Waals surface area contributed by atoms with Crippen LogP contribution in [0.15, 0.2) is 53.4 Å². The maximum absolute atomic E-state index is 12.9. The topological polar surface area (TPSA) is 90.4 Å². The average Bonchev–Trinajstić information content (AvgIpc) is 2.71. The summed E-state index contributed by atoms with van der Waals surface area (Å²) in [4.78, 5) is 0.101. The highest BCUT2D eigenvalue weighted by Gasteiger charge is 2.21. The number of benzene rings is 2. The van der Waals surface area contributed by atoms with Crippen molar-refractivity contribution in [1.29, 1.82) is 0 Å². The third-order valence-electron chi connectivity index (χ3n) is 4.43. The largest absolute Gasteiger partial charge is 0.495 e. The summed E-state index contributed by atoms with van der Waals surface area (Å²) in [6.07, 6.45) is 0. The van der Waals surface area contributed by atoms with E-state index in [0.717, 1.165) is 16.7 Å². The molecule has 0 saturated carbocycles. The summed E-state index contributed by atoms with van der Waals surface area (Å²) in [5.41, 5.74) is 3.75. The van der Waals surface area contributed by atoms with E-state index in [1.54, 1.807) is 48.5 Å². The van der Waals surface area contributed by atoms with Crippen molar-refractivity contribution in [2.75, 3.05) is 18.4 Å². The first-order chi connectivity index (χ1) is 13.8. The van der Waals surface area contributed by atoms with Gasteiger partial charge in [0.2, 0.25) is 5.88 Å². The minimum Gasteiger partial charge on any atom is -0.495 e. The number of nitrogens with one attached hydrogen (secondary N) is 1. The first kappa shape index (κ1) is 20.6. The molecule has 2 aromatic carbocycles. The molecule has 29 heavy (non-hydrogen) atoms. The molecule has 8 heteroatoms. The number of rotatable bonds is 7. The van der Waals surface area contributed by atoms with Crippen LogP contribution in [0, 0.1) is 13.8 Å². The van der Waals surface area contributed by atoms with Gasteiger partial charge in [0.1, 0.15) is 10.6 Å². The number of hydrogen-bond donors (Lipinski definition) is 1. The number of methoxy groups -OCH3 is 1. The number of sulfonamides is 1. The van der Waals surface area contributed by atoms with E-state index in [9.17, 15) is 8.42 Å². The third-order valence-corrected chi connectivity index (χ3v) is 5.84. The van der Waals surface area contributed by atoms with Crippen LogP contribution in [0.4, 0.5) is 5.69 Å². The van der Waals surface area contributed by atoms with Gasteiger partial charge in [0.05, 0.1) is 19.4 Å². The van der Waals surface area contributed by atoms with E-state index in [0.29, 0.717) is 29.6 Å². The Morgan fingerprint density at radius 1 is 0.966 bits per heavy atom. The molecular formula is C21H23N3O4S. The van der Waals surface area contributed by atoms with Crippen molar-refractivity contribution in [3.63, 3.8) is 0 Å². The van der Waals surface area contributed by atoms with Crippen molar-refractivity contribution in [3.05, 3.63) is 59.7 Å². The minimum absolute atomic E-state index is 0.101. The zero-order valence-electron chi connectivity index (χ0n) is 16.8. The van der Waals surface area contributed by atoms with E-state index >= 15 is 0 Å². The molecule has 0 saturated heterocycles. The van der Waals surface area contributed by atoms with Crippen LogP contribution in [0.1, 0.15) is 18.1 Å². The van der Waals surface area contributed by atoms with E-state index in [2.05, 4.69) is 14.9 Å². The molecule has 7 nitrogen and oxygen atoms in total. The van der Waals surface area contributed by atoms with Gasteiger partial charge in [-0.3, -0.25) is 4.72 Å². The Balaban J connectivity index is 1.83. The molecule has 1 aromatic heterocycles. The smallest absolute Gasteiger partial charge is 0.265 e. The predicted molar refractivity (Wildman–Crippen MR) is 112 cm³/mol. The molecule has 0 radical (unpaired) electrons. The third kappa shape index (κ3) is 4.65. The van der Waals surface area contributed by atoms with E-state index in [1.807, 2.05) is 20.8 Å². The highest BCUT2D eigenvalue weighted by Crippen LogP contribution is 2.29. The number of aryl methyl sites for hydroxylation is 2. The second kappa shape index (κ2) is 8.48. The fourth-order valence-corrected chi connectivity index (χ4v) is 4.05. The van der Waals surface area contributed by atoms with Gasteiger partial charge in [-0.15, -0.1) is 10.2 Å². The van der Waals surface area contributed by atoms with Gasteiger partial charge in [-0.2, -0.15) is 0 Å². The summed E-state index contributed by atoms with van der Waals surface area (Å²) in [5, 5.41) is 8.13. The molecule has 3 rings (SSSR count). The highest BCUT2D eigenvalue weighted by atomic mass is 32.2. The van der Waals surface area contributed by atoms with Crippen LogP contribution in [0.2, 0.25) is 0 Å². The fraction of sp³-hybridized carbons (Fsp3) is 0.238. The van der Waals surface area contributed by atoms with Crippen LogP contribution < -0.4 is 14.2 Å². The molecule has 0 aliphatic rings. The average molecular weight is 413 g/mol. The van der Waals surface area contributed by atoms with E-state index in [-0.39, 0.29) is 4.90 Å². The highest BCUT2D eigenvalue weighted by molar-refractivity contribution is 7.92. The molecule has 0 aliphatic carbocycles. The Labute approximate surface area is 170 Å². The second-order valence-corrected chi connectivity index (χ2v) is 8.11. The van der Waals surface area contributed by atoms with Crippen molar-refractivity contribution in [1.82, 2.24) is 10.2 Å². The van der Waals surface area contributed by atoms with Crippen LogP contribution in [0.5, 0.6) is 11.6 Å². The molecule has 1 heterocycles. The minimum atomic E-state index is -3.80. The van der Waals surface area contributed by atoms with Crippen molar-refractivity contribution in [3.8, 4) is 22.9 Å². The van der Waals surface area contributed by atoms with Gasteiger partial charge in [0.25, 0.3) is 10.0 Å².